The first-order chi connectivity index (χ1) is 44.3. The summed E-state index contributed by atoms with van der Waals surface area (Å²) < 4.78 is 68.3. The van der Waals surface area contributed by atoms with E-state index in [-0.39, 0.29) is 25.7 Å². The second kappa shape index (κ2) is 63.8. The van der Waals surface area contributed by atoms with E-state index >= 15 is 0 Å². The highest BCUT2D eigenvalue weighted by Crippen LogP contribution is 2.45. The van der Waals surface area contributed by atoms with Crippen molar-refractivity contribution in [2.75, 3.05) is 39.6 Å². The van der Waals surface area contributed by atoms with Crippen LogP contribution in [0.5, 0.6) is 0 Å². The lowest BCUT2D eigenvalue weighted by Crippen LogP contribution is -2.30. The van der Waals surface area contributed by atoms with Gasteiger partial charge in [-0.05, 0) is 43.4 Å². The van der Waals surface area contributed by atoms with Crippen LogP contribution in [0.15, 0.2) is 0 Å². The molecule has 6 atom stereocenters. The first-order valence-corrected chi connectivity index (χ1v) is 40.9. The predicted octanol–water partition coefficient (Wildman–Crippen LogP) is 21.0. The van der Waals surface area contributed by atoms with Gasteiger partial charge in [-0.2, -0.15) is 0 Å². The molecule has 0 aromatic heterocycles. The van der Waals surface area contributed by atoms with E-state index in [2.05, 4.69) is 48.5 Å². The van der Waals surface area contributed by atoms with E-state index in [0.29, 0.717) is 31.6 Å². The molecule has 0 spiro atoms. The summed E-state index contributed by atoms with van der Waals surface area (Å²) in [6.45, 7) is 11.8. The monoisotopic (exact) mass is 1350 g/mol. The SMILES string of the molecule is CCCCCCCCCCCCC(=O)O[C@H](COC(=O)CCCCCCCCC(C)C)COP(=O)(O)OC[C@H](O)COP(=O)(O)OC[C@@H](COC(=O)CCCCCCCCCCCCC(C)CC)OC(=O)CCCCCCCCCCCCCCCCCCC(C)C. The van der Waals surface area contributed by atoms with Crippen molar-refractivity contribution >= 4 is 39.5 Å². The van der Waals surface area contributed by atoms with E-state index in [1.54, 1.807) is 0 Å². The molecule has 0 saturated carbocycles. The largest absolute Gasteiger partial charge is 0.472 e. The van der Waals surface area contributed by atoms with E-state index in [1.807, 2.05) is 0 Å². The third kappa shape index (κ3) is 65.4. The van der Waals surface area contributed by atoms with Gasteiger partial charge in [-0.25, -0.2) is 9.13 Å². The zero-order valence-corrected chi connectivity index (χ0v) is 61.8. The number of carbonyl (C=O) groups is 4. The zero-order chi connectivity index (χ0) is 68.0. The lowest BCUT2D eigenvalue weighted by atomic mass is 9.99. The van der Waals surface area contributed by atoms with Gasteiger partial charge in [0.1, 0.15) is 19.3 Å². The van der Waals surface area contributed by atoms with Gasteiger partial charge in [-0.15, -0.1) is 0 Å². The topological polar surface area (TPSA) is 237 Å². The van der Waals surface area contributed by atoms with Gasteiger partial charge in [0.15, 0.2) is 12.2 Å². The summed E-state index contributed by atoms with van der Waals surface area (Å²) in [5.41, 5.74) is 0. The molecule has 0 radical (unpaired) electrons. The van der Waals surface area contributed by atoms with Crippen LogP contribution in [-0.4, -0.2) is 96.7 Å². The number of aliphatic hydroxyl groups is 1. The predicted molar refractivity (Wildman–Crippen MR) is 372 cm³/mol. The molecule has 0 saturated heterocycles. The Labute approximate surface area is 562 Å². The molecule has 0 amide bonds. The Balaban J connectivity index is 5.21. The Hall–Kier alpha value is -1.94. The van der Waals surface area contributed by atoms with Crippen molar-refractivity contribution in [2.24, 2.45) is 17.8 Å². The number of carbonyl (C=O) groups excluding carboxylic acids is 4. The van der Waals surface area contributed by atoms with Gasteiger partial charge in [0.05, 0.1) is 26.4 Å². The van der Waals surface area contributed by atoms with E-state index in [1.165, 1.54) is 173 Å². The van der Waals surface area contributed by atoms with E-state index in [9.17, 15) is 43.2 Å². The molecule has 19 heteroatoms. The Bertz CT molecular complexity index is 1800. The molecular formula is C73H142O17P2. The Kier molecular flexibility index (Phi) is 62.4. The molecule has 0 rings (SSSR count). The van der Waals surface area contributed by atoms with Crippen LogP contribution >= 0.6 is 15.6 Å². The minimum absolute atomic E-state index is 0.105. The van der Waals surface area contributed by atoms with Crippen molar-refractivity contribution in [1.82, 2.24) is 0 Å². The Morgan fingerprint density at radius 2 is 0.554 bits per heavy atom. The third-order valence-electron chi connectivity index (χ3n) is 17.2. The van der Waals surface area contributed by atoms with Gasteiger partial charge in [-0.1, -0.05) is 318 Å². The molecule has 0 heterocycles. The average molecular weight is 1350 g/mol. The number of phosphoric acid groups is 2. The minimum atomic E-state index is -4.96. The molecule has 0 bridgehead atoms. The standard InChI is InChI=1S/C73H142O17P2/c1-8-10-11-12-13-14-27-33-42-49-56-72(77)90-69(61-84-71(76)55-48-41-36-35-38-45-52-65(5)6)63-88-92(81,82)86-59-67(74)58-85-91(79,80)87-62-68(60-83-70(75)54-47-40-32-28-24-23-26-31-39-46-53-66(7)9-2)89-73(78)57-50-43-34-29-22-20-18-16-15-17-19-21-25-30-37-44-51-64(3)4/h64-69,74H,8-63H2,1-7H3,(H,79,80)(H,81,82)/t66?,67-,68-,69-/m1/s1. The molecule has 0 aliphatic carbocycles. The second-order valence-electron chi connectivity index (χ2n) is 27.5. The van der Waals surface area contributed by atoms with Crippen molar-refractivity contribution in [1.29, 1.82) is 0 Å². The van der Waals surface area contributed by atoms with E-state index in [4.69, 9.17) is 37.0 Å². The number of phosphoric ester groups is 2. The van der Waals surface area contributed by atoms with Crippen molar-refractivity contribution < 1.29 is 80.2 Å². The smallest absolute Gasteiger partial charge is 0.462 e. The summed E-state index contributed by atoms with van der Waals surface area (Å²) in [6.07, 6.45) is 48.7. The van der Waals surface area contributed by atoms with Gasteiger partial charge in [0.25, 0.3) is 0 Å². The van der Waals surface area contributed by atoms with Crippen LogP contribution in [0.25, 0.3) is 0 Å². The number of aliphatic hydroxyl groups excluding tert-OH is 1. The molecule has 17 nitrogen and oxygen atoms in total. The molecule has 3 N–H and O–H groups in total. The quantitative estimate of drug-likeness (QED) is 0.0222. The molecule has 3 unspecified atom stereocenters. The summed E-state index contributed by atoms with van der Waals surface area (Å²) >= 11 is 0. The fraction of sp³-hybridized carbons (Fsp3) is 0.945. The fourth-order valence-electron chi connectivity index (χ4n) is 11.0. The lowest BCUT2D eigenvalue weighted by Gasteiger charge is -2.21. The third-order valence-corrected chi connectivity index (χ3v) is 19.1. The normalized spacial score (nSPS) is 14.4. The zero-order valence-electron chi connectivity index (χ0n) is 60.0. The molecule has 0 aliphatic rings. The highest BCUT2D eigenvalue weighted by atomic mass is 31.2. The first-order valence-electron chi connectivity index (χ1n) is 37.9. The molecule has 546 valence electrons. The van der Waals surface area contributed by atoms with Crippen LogP contribution < -0.4 is 0 Å². The van der Waals surface area contributed by atoms with Crippen molar-refractivity contribution in [2.45, 2.75) is 388 Å². The molecule has 0 aliphatic heterocycles. The highest BCUT2D eigenvalue weighted by molar-refractivity contribution is 7.47. The van der Waals surface area contributed by atoms with Crippen LogP contribution in [-0.2, 0) is 65.4 Å². The summed E-state index contributed by atoms with van der Waals surface area (Å²) in [7, 11) is -9.90. The second-order valence-corrected chi connectivity index (χ2v) is 30.4. The number of rotatable bonds is 71. The van der Waals surface area contributed by atoms with E-state index < -0.39 is 97.5 Å². The van der Waals surface area contributed by atoms with Gasteiger partial charge in [0, 0.05) is 25.7 Å². The molecule has 0 fully saturated rings. The number of ether oxygens (including phenoxy) is 4. The van der Waals surface area contributed by atoms with Crippen LogP contribution in [0.3, 0.4) is 0 Å². The first kappa shape index (κ1) is 90.1. The number of hydrogen-bond acceptors (Lipinski definition) is 15. The van der Waals surface area contributed by atoms with Crippen molar-refractivity contribution in [3.05, 3.63) is 0 Å². The maximum atomic E-state index is 13.1. The summed E-state index contributed by atoms with van der Waals surface area (Å²) in [6, 6.07) is 0. The lowest BCUT2D eigenvalue weighted by molar-refractivity contribution is -0.161. The number of hydrogen-bond donors (Lipinski definition) is 3. The molecule has 0 aromatic carbocycles. The van der Waals surface area contributed by atoms with Crippen molar-refractivity contribution in [3.8, 4) is 0 Å². The molecule has 92 heavy (non-hydrogen) atoms. The van der Waals surface area contributed by atoms with Gasteiger partial charge in [0.2, 0.25) is 0 Å². The van der Waals surface area contributed by atoms with E-state index in [0.717, 1.165) is 108 Å². The van der Waals surface area contributed by atoms with Crippen molar-refractivity contribution in [3.63, 3.8) is 0 Å². The summed E-state index contributed by atoms with van der Waals surface area (Å²) in [5.74, 6) is 0.174. The van der Waals surface area contributed by atoms with Crippen LogP contribution in [0.4, 0.5) is 0 Å². The van der Waals surface area contributed by atoms with Crippen LogP contribution in [0, 0.1) is 17.8 Å². The number of esters is 4. The van der Waals surface area contributed by atoms with Gasteiger partial charge < -0.3 is 33.8 Å². The maximum absolute atomic E-state index is 13.1. The summed E-state index contributed by atoms with van der Waals surface area (Å²) in [4.78, 5) is 72.6. The Morgan fingerprint density at radius 3 is 0.826 bits per heavy atom. The molecular weight excluding hydrogens is 1210 g/mol. The minimum Gasteiger partial charge on any atom is -0.462 e. The Morgan fingerprint density at radius 1 is 0.315 bits per heavy atom. The number of unbranched alkanes of at least 4 members (excludes halogenated alkanes) is 38. The van der Waals surface area contributed by atoms with Crippen LogP contribution in [0.1, 0.15) is 370 Å². The highest BCUT2D eigenvalue weighted by Gasteiger charge is 2.30. The summed E-state index contributed by atoms with van der Waals surface area (Å²) in [5, 5.41) is 10.6. The maximum Gasteiger partial charge on any atom is 0.472 e. The molecule has 0 aromatic rings. The fourth-order valence-corrected chi connectivity index (χ4v) is 12.6. The van der Waals surface area contributed by atoms with Gasteiger partial charge in [-0.3, -0.25) is 37.3 Å². The average Bonchev–Trinajstić information content (AvgIpc) is 1.99. The van der Waals surface area contributed by atoms with Gasteiger partial charge >= 0.3 is 39.5 Å². The van der Waals surface area contributed by atoms with Crippen LogP contribution in [0.2, 0.25) is 0 Å².